The van der Waals surface area contributed by atoms with Crippen molar-refractivity contribution < 1.29 is 14.8 Å². The maximum atomic E-state index is 10.5. The summed E-state index contributed by atoms with van der Waals surface area (Å²) in [7, 11) is 0. The van der Waals surface area contributed by atoms with E-state index in [9.17, 15) is 14.9 Å². The molecular formula is C10H12N2O4. The maximum absolute atomic E-state index is 10.5. The molecule has 16 heavy (non-hydrogen) atoms. The molecule has 1 atom stereocenters. The molecule has 0 fully saturated rings. The van der Waals surface area contributed by atoms with Gasteiger partial charge >= 0.3 is 5.97 Å². The molecule has 86 valence electrons. The van der Waals surface area contributed by atoms with Crippen LogP contribution in [0.3, 0.4) is 0 Å². The summed E-state index contributed by atoms with van der Waals surface area (Å²) in [5.74, 6) is -0.912. The lowest BCUT2D eigenvalue weighted by molar-refractivity contribution is -0.384. The van der Waals surface area contributed by atoms with Gasteiger partial charge in [0.15, 0.2) is 0 Å². The molecule has 0 spiro atoms. The number of nitro groups is 1. The minimum absolute atomic E-state index is 0.0208. The summed E-state index contributed by atoms with van der Waals surface area (Å²) < 4.78 is 0. The second-order valence-corrected chi connectivity index (χ2v) is 3.45. The van der Waals surface area contributed by atoms with Gasteiger partial charge in [0.05, 0.1) is 11.3 Å². The van der Waals surface area contributed by atoms with Gasteiger partial charge in [0.25, 0.3) is 5.69 Å². The van der Waals surface area contributed by atoms with Crippen molar-refractivity contribution in [1.29, 1.82) is 0 Å². The zero-order chi connectivity index (χ0) is 12.1. The smallest absolute Gasteiger partial charge is 0.305 e. The standard InChI is InChI=1S/C10H12N2O4/c1-7(5-10(13)14)11-8-3-2-4-9(6-8)12(15)16/h2-4,6-7,11H,5H2,1H3,(H,13,14). The third-order valence-corrected chi connectivity index (χ3v) is 1.95. The second kappa shape index (κ2) is 5.11. The number of nitro benzene ring substituents is 1. The highest BCUT2D eigenvalue weighted by Crippen LogP contribution is 2.18. The Balaban J connectivity index is 2.70. The fourth-order valence-corrected chi connectivity index (χ4v) is 1.31. The molecule has 0 amide bonds. The lowest BCUT2D eigenvalue weighted by Crippen LogP contribution is -2.19. The molecule has 0 aliphatic heterocycles. The van der Waals surface area contributed by atoms with E-state index in [0.717, 1.165) is 0 Å². The van der Waals surface area contributed by atoms with Crippen molar-refractivity contribution in [2.75, 3.05) is 5.32 Å². The SMILES string of the molecule is CC(CC(=O)O)Nc1cccc([N+](=O)[O-])c1. The number of hydrogen-bond donors (Lipinski definition) is 2. The van der Waals surface area contributed by atoms with E-state index >= 15 is 0 Å². The number of anilines is 1. The highest BCUT2D eigenvalue weighted by atomic mass is 16.6. The molecule has 0 saturated carbocycles. The summed E-state index contributed by atoms with van der Waals surface area (Å²) in [5.41, 5.74) is 0.524. The zero-order valence-electron chi connectivity index (χ0n) is 8.71. The Hall–Kier alpha value is -2.11. The van der Waals surface area contributed by atoms with Crippen LogP contribution < -0.4 is 5.32 Å². The number of carbonyl (C=O) groups is 1. The van der Waals surface area contributed by atoms with Gasteiger partial charge in [-0.3, -0.25) is 14.9 Å². The van der Waals surface area contributed by atoms with E-state index in [1.54, 1.807) is 19.1 Å². The number of non-ortho nitro benzene ring substituents is 1. The Morgan fingerprint density at radius 2 is 2.31 bits per heavy atom. The Morgan fingerprint density at radius 1 is 1.62 bits per heavy atom. The number of hydrogen-bond acceptors (Lipinski definition) is 4. The van der Waals surface area contributed by atoms with Crippen LogP contribution in [-0.4, -0.2) is 22.0 Å². The molecule has 1 unspecified atom stereocenters. The second-order valence-electron chi connectivity index (χ2n) is 3.45. The third-order valence-electron chi connectivity index (χ3n) is 1.95. The molecule has 6 heteroatoms. The van der Waals surface area contributed by atoms with E-state index in [-0.39, 0.29) is 18.2 Å². The highest BCUT2D eigenvalue weighted by Gasteiger charge is 2.09. The summed E-state index contributed by atoms with van der Waals surface area (Å²) in [5, 5.41) is 21.9. The van der Waals surface area contributed by atoms with Gasteiger partial charge in [0.2, 0.25) is 0 Å². The summed E-state index contributed by atoms with van der Waals surface area (Å²) in [6.07, 6.45) is -0.0390. The van der Waals surface area contributed by atoms with Crippen LogP contribution in [0.2, 0.25) is 0 Å². The van der Waals surface area contributed by atoms with Gasteiger partial charge in [0.1, 0.15) is 0 Å². The van der Waals surface area contributed by atoms with Crippen LogP contribution in [-0.2, 0) is 4.79 Å². The summed E-state index contributed by atoms with van der Waals surface area (Å²) >= 11 is 0. The predicted octanol–water partition coefficient (Wildman–Crippen LogP) is 1.87. The van der Waals surface area contributed by atoms with Gasteiger partial charge in [-0.05, 0) is 13.0 Å². The number of rotatable bonds is 5. The minimum atomic E-state index is -0.912. The van der Waals surface area contributed by atoms with E-state index in [4.69, 9.17) is 5.11 Å². The fraction of sp³-hybridized carbons (Fsp3) is 0.300. The molecule has 1 rings (SSSR count). The Kier molecular flexibility index (Phi) is 3.82. The molecule has 1 aromatic carbocycles. The summed E-state index contributed by atoms with van der Waals surface area (Å²) in [6, 6.07) is 5.68. The molecule has 0 saturated heterocycles. The topological polar surface area (TPSA) is 92.5 Å². The third kappa shape index (κ3) is 3.56. The average Bonchev–Trinajstić information content (AvgIpc) is 2.16. The van der Waals surface area contributed by atoms with Crippen LogP contribution in [0.5, 0.6) is 0 Å². The van der Waals surface area contributed by atoms with Gasteiger partial charge in [-0.15, -0.1) is 0 Å². The Morgan fingerprint density at radius 3 is 2.88 bits per heavy atom. The van der Waals surface area contributed by atoms with Gasteiger partial charge in [-0.25, -0.2) is 0 Å². The lowest BCUT2D eigenvalue weighted by Gasteiger charge is -2.12. The van der Waals surface area contributed by atoms with Crippen molar-refractivity contribution >= 4 is 17.3 Å². The zero-order valence-corrected chi connectivity index (χ0v) is 8.71. The lowest BCUT2D eigenvalue weighted by atomic mass is 10.2. The van der Waals surface area contributed by atoms with Crippen molar-refractivity contribution in [3.63, 3.8) is 0 Å². The van der Waals surface area contributed by atoms with Crippen molar-refractivity contribution in [3.05, 3.63) is 34.4 Å². The maximum Gasteiger partial charge on any atom is 0.305 e. The van der Waals surface area contributed by atoms with Crippen molar-refractivity contribution in [2.24, 2.45) is 0 Å². The number of carboxylic acid groups (broad SMARTS) is 1. The first-order chi connectivity index (χ1) is 7.49. The first kappa shape index (κ1) is 12.0. The molecule has 0 heterocycles. The average molecular weight is 224 g/mol. The van der Waals surface area contributed by atoms with E-state index in [2.05, 4.69) is 5.32 Å². The van der Waals surface area contributed by atoms with Crippen molar-refractivity contribution in [1.82, 2.24) is 0 Å². The van der Waals surface area contributed by atoms with Crippen molar-refractivity contribution in [2.45, 2.75) is 19.4 Å². The van der Waals surface area contributed by atoms with Crippen LogP contribution in [0.15, 0.2) is 24.3 Å². The van der Waals surface area contributed by atoms with Gasteiger partial charge in [-0.2, -0.15) is 0 Å². The monoisotopic (exact) mass is 224 g/mol. The molecule has 2 N–H and O–H groups in total. The molecule has 0 bridgehead atoms. The molecule has 6 nitrogen and oxygen atoms in total. The first-order valence-electron chi connectivity index (χ1n) is 4.72. The molecule has 1 aromatic rings. The first-order valence-corrected chi connectivity index (χ1v) is 4.72. The molecule has 0 aromatic heterocycles. The van der Waals surface area contributed by atoms with E-state index < -0.39 is 10.9 Å². The van der Waals surface area contributed by atoms with Crippen LogP contribution in [0, 0.1) is 10.1 Å². The number of benzene rings is 1. The minimum Gasteiger partial charge on any atom is -0.481 e. The quantitative estimate of drug-likeness (QED) is 0.588. The molecule has 0 radical (unpaired) electrons. The predicted molar refractivity (Wildman–Crippen MR) is 58.4 cm³/mol. The fourth-order valence-electron chi connectivity index (χ4n) is 1.31. The van der Waals surface area contributed by atoms with Gasteiger partial charge < -0.3 is 10.4 Å². The van der Waals surface area contributed by atoms with E-state index in [1.165, 1.54) is 12.1 Å². The van der Waals surface area contributed by atoms with Crippen LogP contribution in [0.1, 0.15) is 13.3 Å². The molecule has 0 aliphatic carbocycles. The number of aliphatic carboxylic acids is 1. The Labute approximate surface area is 92.0 Å². The van der Waals surface area contributed by atoms with Crippen LogP contribution in [0.4, 0.5) is 11.4 Å². The Bertz CT molecular complexity index is 406. The molecule has 0 aliphatic rings. The molecular weight excluding hydrogens is 212 g/mol. The van der Waals surface area contributed by atoms with Crippen molar-refractivity contribution in [3.8, 4) is 0 Å². The highest BCUT2D eigenvalue weighted by molar-refractivity contribution is 5.68. The normalized spacial score (nSPS) is 11.8. The summed E-state index contributed by atoms with van der Waals surface area (Å²) in [4.78, 5) is 20.4. The largest absolute Gasteiger partial charge is 0.481 e. The summed E-state index contributed by atoms with van der Waals surface area (Å²) in [6.45, 7) is 1.70. The van der Waals surface area contributed by atoms with Gasteiger partial charge in [0, 0.05) is 23.9 Å². The van der Waals surface area contributed by atoms with Crippen LogP contribution in [0.25, 0.3) is 0 Å². The number of carboxylic acids is 1. The number of nitrogens with one attached hydrogen (secondary N) is 1. The van der Waals surface area contributed by atoms with Gasteiger partial charge in [-0.1, -0.05) is 6.07 Å². The van der Waals surface area contributed by atoms with E-state index in [0.29, 0.717) is 5.69 Å². The number of nitrogens with zero attached hydrogens (tertiary/aromatic N) is 1. The van der Waals surface area contributed by atoms with E-state index in [1.807, 2.05) is 0 Å². The van der Waals surface area contributed by atoms with Crippen LogP contribution >= 0.6 is 0 Å².